The van der Waals surface area contributed by atoms with E-state index < -0.39 is 11.8 Å². The number of benzene rings is 2. The highest BCUT2D eigenvalue weighted by molar-refractivity contribution is 9.10. The molecule has 0 aliphatic heterocycles. The van der Waals surface area contributed by atoms with Crippen molar-refractivity contribution in [1.29, 1.82) is 0 Å². The highest BCUT2D eigenvalue weighted by Gasteiger charge is 2.11. The molecule has 3 rings (SSSR count). The van der Waals surface area contributed by atoms with Gasteiger partial charge in [-0.25, -0.2) is 0 Å². The van der Waals surface area contributed by atoms with Crippen molar-refractivity contribution < 1.29 is 14.3 Å². The number of halogens is 1. The minimum absolute atomic E-state index is 0.377. The number of aryl methyl sites for hydroxylation is 1. The van der Waals surface area contributed by atoms with Crippen LogP contribution in [0.2, 0.25) is 0 Å². The summed E-state index contributed by atoms with van der Waals surface area (Å²) in [5.74, 6) is -0.0664. The van der Waals surface area contributed by atoms with Gasteiger partial charge in [0.05, 0.1) is 11.8 Å². The van der Waals surface area contributed by atoms with E-state index in [1.807, 2.05) is 31.2 Å². The number of nitrogens with one attached hydrogen (secondary N) is 2. The number of amides is 2. The molecule has 2 N–H and O–H groups in total. The van der Waals surface area contributed by atoms with E-state index in [9.17, 15) is 9.59 Å². The van der Waals surface area contributed by atoms with Crippen LogP contribution >= 0.6 is 15.9 Å². The van der Waals surface area contributed by atoms with Gasteiger partial charge in [0.1, 0.15) is 12.4 Å². The normalized spacial score (nSPS) is 10.4. The predicted molar refractivity (Wildman–Crippen MR) is 108 cm³/mol. The molecule has 0 unspecified atom stereocenters. The van der Waals surface area contributed by atoms with E-state index in [4.69, 9.17) is 4.74 Å². The number of rotatable bonds is 6. The molecule has 0 atom stereocenters. The van der Waals surface area contributed by atoms with Gasteiger partial charge in [0.2, 0.25) is 0 Å². The largest absolute Gasteiger partial charge is 0.489 e. The standard InChI is InChI=1S/C20H19BrN4O3/c1-2-25-12-16(11-22-25)20(27)24-23-19(26)15-5-3-14(4-6-15)13-28-18-9-7-17(21)8-10-18/h3-12H,2,13H2,1H3,(H,23,26)(H,24,27). The molecule has 0 bridgehead atoms. The molecule has 28 heavy (non-hydrogen) atoms. The van der Waals surface area contributed by atoms with Crippen molar-refractivity contribution in [2.75, 3.05) is 0 Å². The van der Waals surface area contributed by atoms with Crippen LogP contribution in [0.5, 0.6) is 5.75 Å². The Hall–Kier alpha value is -3.13. The van der Waals surface area contributed by atoms with Gasteiger partial charge in [0.25, 0.3) is 11.8 Å². The third-order valence-corrected chi connectivity index (χ3v) is 4.47. The van der Waals surface area contributed by atoms with E-state index >= 15 is 0 Å². The lowest BCUT2D eigenvalue weighted by molar-refractivity contribution is 0.0846. The fraction of sp³-hybridized carbons (Fsp3) is 0.150. The van der Waals surface area contributed by atoms with E-state index in [0.29, 0.717) is 24.3 Å². The van der Waals surface area contributed by atoms with Crippen LogP contribution in [-0.2, 0) is 13.2 Å². The summed E-state index contributed by atoms with van der Waals surface area (Å²) in [6.07, 6.45) is 3.06. The minimum atomic E-state index is -0.424. The molecule has 0 radical (unpaired) electrons. The van der Waals surface area contributed by atoms with Crippen molar-refractivity contribution in [3.8, 4) is 5.75 Å². The zero-order chi connectivity index (χ0) is 19.9. The van der Waals surface area contributed by atoms with Gasteiger partial charge in [0, 0.05) is 22.8 Å². The summed E-state index contributed by atoms with van der Waals surface area (Å²) in [4.78, 5) is 24.2. The van der Waals surface area contributed by atoms with Crippen LogP contribution in [0.25, 0.3) is 0 Å². The first-order chi connectivity index (χ1) is 13.5. The van der Waals surface area contributed by atoms with Crippen LogP contribution in [0.3, 0.4) is 0 Å². The minimum Gasteiger partial charge on any atom is -0.489 e. The molecule has 2 aromatic carbocycles. The summed E-state index contributed by atoms with van der Waals surface area (Å²) in [6, 6.07) is 14.5. The van der Waals surface area contributed by atoms with Crippen molar-refractivity contribution >= 4 is 27.7 Å². The number of ether oxygens (including phenoxy) is 1. The number of hydrazine groups is 1. The number of carbonyl (C=O) groups excluding carboxylic acids is 2. The van der Waals surface area contributed by atoms with Crippen molar-refractivity contribution in [3.05, 3.63) is 82.1 Å². The average molecular weight is 443 g/mol. The lowest BCUT2D eigenvalue weighted by Gasteiger charge is -2.08. The molecule has 2 amide bonds. The first-order valence-corrected chi connectivity index (χ1v) is 9.45. The van der Waals surface area contributed by atoms with E-state index in [-0.39, 0.29) is 0 Å². The molecule has 0 saturated carbocycles. The zero-order valence-corrected chi connectivity index (χ0v) is 16.8. The molecule has 0 saturated heterocycles. The molecule has 0 spiro atoms. The lowest BCUT2D eigenvalue weighted by atomic mass is 10.1. The molecule has 8 heteroatoms. The summed E-state index contributed by atoms with van der Waals surface area (Å²) >= 11 is 3.38. The Morgan fingerprint density at radius 2 is 1.64 bits per heavy atom. The van der Waals surface area contributed by atoms with Gasteiger partial charge < -0.3 is 4.74 Å². The molecule has 7 nitrogen and oxygen atoms in total. The number of carbonyl (C=O) groups is 2. The number of hydrogen-bond acceptors (Lipinski definition) is 4. The molecule has 0 aliphatic rings. The topological polar surface area (TPSA) is 85.2 Å². The summed E-state index contributed by atoms with van der Waals surface area (Å²) in [5, 5.41) is 4.02. The third-order valence-electron chi connectivity index (χ3n) is 3.94. The van der Waals surface area contributed by atoms with Gasteiger partial charge in [-0.1, -0.05) is 28.1 Å². The quantitative estimate of drug-likeness (QED) is 0.573. The van der Waals surface area contributed by atoms with Crippen molar-refractivity contribution in [3.63, 3.8) is 0 Å². The van der Waals surface area contributed by atoms with Crippen LogP contribution in [0.1, 0.15) is 33.2 Å². The van der Waals surface area contributed by atoms with E-state index in [1.54, 1.807) is 35.1 Å². The highest BCUT2D eigenvalue weighted by Crippen LogP contribution is 2.17. The maximum Gasteiger partial charge on any atom is 0.272 e. The Balaban J connectivity index is 1.50. The summed E-state index contributed by atoms with van der Waals surface area (Å²) in [7, 11) is 0. The molecular formula is C20H19BrN4O3. The van der Waals surface area contributed by atoms with Crippen molar-refractivity contribution in [1.82, 2.24) is 20.6 Å². The Morgan fingerprint density at radius 1 is 1.00 bits per heavy atom. The Labute approximate surface area is 170 Å². The molecule has 1 aromatic heterocycles. The molecular weight excluding hydrogens is 424 g/mol. The predicted octanol–water partition coefficient (Wildman–Crippen LogP) is 3.32. The molecule has 3 aromatic rings. The molecule has 0 aliphatic carbocycles. The van der Waals surface area contributed by atoms with E-state index in [0.717, 1.165) is 15.8 Å². The monoisotopic (exact) mass is 442 g/mol. The summed E-state index contributed by atoms with van der Waals surface area (Å²) in [5.41, 5.74) is 6.51. The van der Waals surface area contributed by atoms with E-state index in [2.05, 4.69) is 31.9 Å². The number of hydrogen-bond donors (Lipinski definition) is 2. The van der Waals surface area contributed by atoms with Crippen molar-refractivity contribution in [2.45, 2.75) is 20.1 Å². The first-order valence-electron chi connectivity index (χ1n) is 8.65. The second kappa shape index (κ2) is 9.18. The third kappa shape index (κ3) is 5.20. The smallest absolute Gasteiger partial charge is 0.272 e. The maximum absolute atomic E-state index is 12.2. The van der Waals surface area contributed by atoms with Gasteiger partial charge in [-0.2, -0.15) is 5.10 Å². The fourth-order valence-electron chi connectivity index (χ4n) is 2.36. The van der Waals surface area contributed by atoms with Gasteiger partial charge in [0.15, 0.2) is 0 Å². The second-order valence-electron chi connectivity index (χ2n) is 5.93. The highest BCUT2D eigenvalue weighted by atomic mass is 79.9. The Kier molecular flexibility index (Phi) is 6.44. The molecule has 0 fully saturated rings. The van der Waals surface area contributed by atoms with Gasteiger partial charge in [-0.15, -0.1) is 0 Å². The molecule has 144 valence electrons. The van der Waals surface area contributed by atoms with Crippen LogP contribution in [0, 0.1) is 0 Å². The van der Waals surface area contributed by atoms with Gasteiger partial charge in [-0.3, -0.25) is 25.1 Å². The van der Waals surface area contributed by atoms with Gasteiger partial charge >= 0.3 is 0 Å². The van der Waals surface area contributed by atoms with Crippen LogP contribution < -0.4 is 15.6 Å². The second-order valence-corrected chi connectivity index (χ2v) is 6.85. The summed E-state index contributed by atoms with van der Waals surface area (Å²) < 4.78 is 8.32. The Bertz CT molecular complexity index is 952. The maximum atomic E-state index is 12.2. The number of aromatic nitrogens is 2. The van der Waals surface area contributed by atoms with Crippen molar-refractivity contribution in [2.24, 2.45) is 0 Å². The average Bonchev–Trinajstić information content (AvgIpc) is 3.21. The SMILES string of the molecule is CCn1cc(C(=O)NNC(=O)c2ccc(COc3ccc(Br)cc3)cc2)cn1. The lowest BCUT2D eigenvalue weighted by Crippen LogP contribution is -2.41. The molecule has 1 heterocycles. The van der Waals surface area contributed by atoms with Crippen LogP contribution in [0.4, 0.5) is 0 Å². The van der Waals surface area contributed by atoms with Gasteiger partial charge in [-0.05, 0) is 48.9 Å². The zero-order valence-electron chi connectivity index (χ0n) is 15.2. The van der Waals surface area contributed by atoms with Crippen LogP contribution in [0.15, 0.2) is 65.4 Å². The first kappa shape index (κ1) is 19.6. The number of nitrogens with zero attached hydrogens (tertiary/aromatic N) is 2. The summed E-state index contributed by atoms with van der Waals surface area (Å²) in [6.45, 7) is 2.98. The van der Waals surface area contributed by atoms with Crippen LogP contribution in [-0.4, -0.2) is 21.6 Å². The van der Waals surface area contributed by atoms with E-state index in [1.165, 1.54) is 6.20 Å². The fourth-order valence-corrected chi connectivity index (χ4v) is 2.63. The Morgan fingerprint density at radius 3 is 2.25 bits per heavy atom.